The third kappa shape index (κ3) is 5.52. The van der Waals surface area contributed by atoms with Crippen LogP contribution in [0.2, 0.25) is 0 Å². The Bertz CT molecular complexity index is 1190. The number of carbonyl (C=O) groups excluding carboxylic acids is 2. The van der Waals surface area contributed by atoms with Gasteiger partial charge in [0.2, 0.25) is 0 Å². The highest BCUT2D eigenvalue weighted by Gasteiger charge is 2.26. The molecule has 9 nitrogen and oxygen atoms in total. The predicted molar refractivity (Wildman–Crippen MR) is 136 cm³/mol. The van der Waals surface area contributed by atoms with Crippen molar-refractivity contribution in [2.75, 3.05) is 45.2 Å². The number of nitrogens with zero attached hydrogens (tertiary/aromatic N) is 3. The Kier molecular flexibility index (Phi) is 7.20. The van der Waals surface area contributed by atoms with Gasteiger partial charge in [0.05, 0.1) is 30.7 Å². The second kappa shape index (κ2) is 10.7. The minimum absolute atomic E-state index is 0.0994. The normalized spacial score (nSPS) is 20.1. The van der Waals surface area contributed by atoms with Crippen molar-refractivity contribution in [3.8, 4) is 5.69 Å². The first-order valence-corrected chi connectivity index (χ1v) is 12.6. The van der Waals surface area contributed by atoms with Gasteiger partial charge in [0.15, 0.2) is 5.78 Å². The zero-order valence-corrected chi connectivity index (χ0v) is 20.6. The molecule has 3 aliphatic rings. The van der Waals surface area contributed by atoms with Gasteiger partial charge >= 0.3 is 0 Å². The number of amides is 1. The number of benzene rings is 1. The summed E-state index contributed by atoms with van der Waals surface area (Å²) in [5.74, 6) is 0.383. The Balaban J connectivity index is 1.27. The van der Waals surface area contributed by atoms with Crippen LogP contribution in [0.5, 0.6) is 0 Å². The van der Waals surface area contributed by atoms with Crippen molar-refractivity contribution in [3.63, 3.8) is 0 Å². The lowest BCUT2D eigenvalue weighted by molar-refractivity contribution is 0.0280. The zero-order chi connectivity index (χ0) is 25.1. The number of allylic oxidation sites excluding steroid dienone is 3. The first-order chi connectivity index (χ1) is 17.5. The highest BCUT2D eigenvalue weighted by molar-refractivity contribution is 6.03. The van der Waals surface area contributed by atoms with Gasteiger partial charge in [0, 0.05) is 37.2 Å². The summed E-state index contributed by atoms with van der Waals surface area (Å²) in [4.78, 5) is 28.2. The highest BCUT2D eigenvalue weighted by atomic mass is 16.5. The van der Waals surface area contributed by atoms with Crippen molar-refractivity contribution >= 4 is 17.5 Å². The van der Waals surface area contributed by atoms with E-state index in [0.717, 1.165) is 51.3 Å². The van der Waals surface area contributed by atoms with Gasteiger partial charge in [-0.1, -0.05) is 12.1 Å². The van der Waals surface area contributed by atoms with Crippen LogP contribution in [0.4, 0.5) is 5.82 Å². The lowest BCUT2D eigenvalue weighted by Gasteiger charge is -2.26. The third-order valence-corrected chi connectivity index (χ3v) is 6.84. The summed E-state index contributed by atoms with van der Waals surface area (Å²) >= 11 is 0. The monoisotopic (exact) mass is 491 g/mol. The number of aryl methyl sites for hydroxylation is 1. The van der Waals surface area contributed by atoms with Gasteiger partial charge in [-0.15, -0.1) is 0 Å². The predicted octanol–water partition coefficient (Wildman–Crippen LogP) is 2.65. The van der Waals surface area contributed by atoms with Gasteiger partial charge < -0.3 is 20.5 Å². The number of rotatable bonds is 9. The SMILES string of the molecule is Cc1ccc(C(=O)NC2CC2)cc1-n1ncc(C(=O)C2C=C(OCCN3CCOCC3)C=CC2)c1N. The maximum Gasteiger partial charge on any atom is 0.251 e. The summed E-state index contributed by atoms with van der Waals surface area (Å²) < 4.78 is 12.9. The molecular weight excluding hydrogens is 458 g/mol. The molecule has 36 heavy (non-hydrogen) atoms. The molecule has 1 aliphatic heterocycles. The fourth-order valence-electron chi connectivity index (χ4n) is 4.46. The van der Waals surface area contributed by atoms with E-state index in [9.17, 15) is 9.59 Å². The Labute approximate surface area is 210 Å². The number of aromatic nitrogens is 2. The maximum atomic E-state index is 13.4. The molecular formula is C27H33N5O4. The van der Waals surface area contributed by atoms with Crippen molar-refractivity contribution < 1.29 is 19.1 Å². The molecule has 1 amide bonds. The lowest BCUT2D eigenvalue weighted by atomic mass is 9.92. The van der Waals surface area contributed by atoms with Crippen molar-refractivity contribution in [2.24, 2.45) is 5.92 Å². The number of morpholine rings is 1. The molecule has 0 radical (unpaired) electrons. The Morgan fingerprint density at radius 3 is 2.83 bits per heavy atom. The molecule has 1 aromatic carbocycles. The number of ketones is 1. The molecule has 1 saturated heterocycles. The van der Waals surface area contributed by atoms with Gasteiger partial charge in [-0.3, -0.25) is 14.5 Å². The third-order valence-electron chi connectivity index (χ3n) is 6.84. The molecule has 3 N–H and O–H groups in total. The Hall–Kier alpha value is -3.43. The fourth-order valence-corrected chi connectivity index (χ4v) is 4.46. The van der Waals surface area contributed by atoms with Crippen molar-refractivity contribution in [3.05, 3.63) is 65.1 Å². The first-order valence-electron chi connectivity index (χ1n) is 12.6. The van der Waals surface area contributed by atoms with Crippen LogP contribution in [0.15, 0.2) is 48.4 Å². The molecule has 1 aromatic heterocycles. The summed E-state index contributed by atoms with van der Waals surface area (Å²) in [5.41, 5.74) is 8.92. The van der Waals surface area contributed by atoms with Gasteiger partial charge in [-0.05, 0) is 56.0 Å². The van der Waals surface area contributed by atoms with E-state index in [1.54, 1.807) is 16.8 Å². The average Bonchev–Trinajstić information content (AvgIpc) is 3.63. The van der Waals surface area contributed by atoms with E-state index in [4.69, 9.17) is 15.2 Å². The van der Waals surface area contributed by atoms with E-state index in [-0.39, 0.29) is 29.5 Å². The van der Waals surface area contributed by atoms with Crippen LogP contribution < -0.4 is 11.1 Å². The van der Waals surface area contributed by atoms with Gasteiger partial charge in [-0.2, -0.15) is 5.10 Å². The second-order valence-electron chi connectivity index (χ2n) is 9.58. The van der Waals surface area contributed by atoms with E-state index in [2.05, 4.69) is 15.3 Å². The van der Waals surface area contributed by atoms with E-state index in [1.807, 2.05) is 31.2 Å². The smallest absolute Gasteiger partial charge is 0.251 e. The van der Waals surface area contributed by atoms with Crippen molar-refractivity contribution in [1.82, 2.24) is 20.0 Å². The van der Waals surface area contributed by atoms with Gasteiger partial charge in [0.25, 0.3) is 5.91 Å². The Morgan fingerprint density at radius 1 is 1.25 bits per heavy atom. The van der Waals surface area contributed by atoms with E-state index >= 15 is 0 Å². The van der Waals surface area contributed by atoms with E-state index in [0.29, 0.717) is 35.6 Å². The molecule has 0 spiro atoms. The highest BCUT2D eigenvalue weighted by Crippen LogP contribution is 2.27. The van der Waals surface area contributed by atoms with Crippen LogP contribution in [0, 0.1) is 12.8 Å². The van der Waals surface area contributed by atoms with Crippen LogP contribution >= 0.6 is 0 Å². The molecule has 2 aliphatic carbocycles. The number of ether oxygens (including phenoxy) is 2. The number of nitrogens with one attached hydrogen (secondary N) is 1. The first kappa shape index (κ1) is 24.3. The van der Waals surface area contributed by atoms with E-state index in [1.165, 1.54) is 6.20 Å². The van der Waals surface area contributed by atoms with Crippen LogP contribution in [-0.4, -0.2) is 71.9 Å². The van der Waals surface area contributed by atoms with Crippen LogP contribution in [0.25, 0.3) is 5.69 Å². The van der Waals surface area contributed by atoms with Crippen LogP contribution in [0.3, 0.4) is 0 Å². The summed E-state index contributed by atoms with van der Waals surface area (Å²) in [5, 5.41) is 7.41. The maximum absolute atomic E-state index is 13.4. The van der Waals surface area contributed by atoms with E-state index < -0.39 is 0 Å². The molecule has 1 unspecified atom stereocenters. The number of carbonyl (C=O) groups is 2. The minimum atomic E-state index is -0.370. The molecule has 2 fully saturated rings. The molecule has 190 valence electrons. The molecule has 1 saturated carbocycles. The standard InChI is InChI=1S/C27H33N5O4/c1-18-5-6-20(27(34)30-21-7-8-21)16-24(18)32-26(28)23(17-29-32)25(33)19-3-2-4-22(15-19)36-14-11-31-9-12-35-13-10-31/h2,4-6,15-17,19,21H,3,7-14,28H2,1H3,(H,30,34). The molecule has 2 aromatic rings. The van der Waals surface area contributed by atoms with Gasteiger partial charge in [0.1, 0.15) is 18.2 Å². The number of anilines is 1. The summed E-state index contributed by atoms with van der Waals surface area (Å²) in [6, 6.07) is 5.71. The Morgan fingerprint density at radius 2 is 2.06 bits per heavy atom. The number of hydrogen-bond acceptors (Lipinski definition) is 7. The molecule has 0 bridgehead atoms. The number of nitrogen functional groups attached to an aromatic ring is 1. The van der Waals surface area contributed by atoms with Gasteiger partial charge in [-0.25, -0.2) is 4.68 Å². The largest absolute Gasteiger partial charge is 0.493 e. The summed E-state index contributed by atoms with van der Waals surface area (Å²) in [6.45, 7) is 6.64. The number of hydrogen-bond donors (Lipinski definition) is 2. The average molecular weight is 492 g/mol. The minimum Gasteiger partial charge on any atom is -0.493 e. The number of nitrogens with two attached hydrogens (primary N) is 1. The molecule has 9 heteroatoms. The molecule has 2 heterocycles. The quantitative estimate of drug-likeness (QED) is 0.519. The lowest BCUT2D eigenvalue weighted by Crippen LogP contribution is -2.38. The fraction of sp³-hybridized carbons (Fsp3) is 0.444. The number of Topliss-reactive ketones (excluding diaryl/α,β-unsaturated/α-hetero) is 1. The van der Waals surface area contributed by atoms with Crippen LogP contribution in [0.1, 0.15) is 45.5 Å². The van der Waals surface area contributed by atoms with Crippen LogP contribution in [-0.2, 0) is 9.47 Å². The molecule has 1 atom stereocenters. The van der Waals surface area contributed by atoms with Crippen molar-refractivity contribution in [2.45, 2.75) is 32.2 Å². The summed E-state index contributed by atoms with van der Waals surface area (Å²) in [6.07, 6.45) is 9.87. The molecule has 5 rings (SSSR count). The summed E-state index contributed by atoms with van der Waals surface area (Å²) in [7, 11) is 0. The second-order valence-corrected chi connectivity index (χ2v) is 9.58. The topological polar surface area (TPSA) is 112 Å². The van der Waals surface area contributed by atoms with Crippen molar-refractivity contribution in [1.29, 1.82) is 0 Å². The zero-order valence-electron chi connectivity index (χ0n) is 20.6.